The molecule has 2 rings (SSSR count). The Labute approximate surface area is 134 Å². The Morgan fingerprint density at radius 3 is 2.68 bits per heavy atom. The van der Waals surface area contributed by atoms with Crippen LogP contribution in [0.25, 0.3) is 0 Å². The molecule has 0 radical (unpaired) electrons. The number of nitrogens with two attached hydrogens (primary N) is 1. The van der Waals surface area contributed by atoms with Gasteiger partial charge in [0.1, 0.15) is 0 Å². The van der Waals surface area contributed by atoms with Crippen LogP contribution in [-0.4, -0.2) is 47.9 Å². The van der Waals surface area contributed by atoms with Crippen LogP contribution >= 0.6 is 0 Å². The fourth-order valence-electron chi connectivity index (χ4n) is 3.01. The minimum atomic E-state index is -0.377. The van der Waals surface area contributed by atoms with Crippen LogP contribution in [0.5, 0.6) is 0 Å². The standard InChI is InChI=1S/C18H29N3O/c1-14(2)17(19)18(22)21-11-7-10-16(13-21)20(3)12-15-8-5-4-6-9-15/h4-6,8-9,14,16-17H,7,10-13,19H2,1-3H3. The number of rotatable bonds is 5. The first kappa shape index (κ1) is 17.0. The van der Waals surface area contributed by atoms with Crippen LogP contribution in [0.4, 0.5) is 0 Å². The van der Waals surface area contributed by atoms with Crippen molar-refractivity contribution in [2.24, 2.45) is 11.7 Å². The van der Waals surface area contributed by atoms with E-state index in [4.69, 9.17) is 5.73 Å². The Hall–Kier alpha value is -1.39. The Bertz CT molecular complexity index is 474. The van der Waals surface area contributed by atoms with E-state index in [0.717, 1.165) is 32.5 Å². The maximum atomic E-state index is 12.4. The second-order valence-electron chi connectivity index (χ2n) is 6.75. The molecule has 1 aromatic carbocycles. The summed E-state index contributed by atoms with van der Waals surface area (Å²) in [5.41, 5.74) is 7.34. The molecular formula is C18H29N3O. The maximum Gasteiger partial charge on any atom is 0.239 e. The molecule has 122 valence electrons. The van der Waals surface area contributed by atoms with E-state index >= 15 is 0 Å². The molecule has 22 heavy (non-hydrogen) atoms. The van der Waals surface area contributed by atoms with E-state index in [9.17, 15) is 4.79 Å². The van der Waals surface area contributed by atoms with E-state index in [1.807, 2.05) is 24.8 Å². The fraction of sp³-hybridized carbons (Fsp3) is 0.611. The van der Waals surface area contributed by atoms with Gasteiger partial charge in [0.05, 0.1) is 6.04 Å². The fourth-order valence-corrected chi connectivity index (χ4v) is 3.01. The van der Waals surface area contributed by atoms with Crippen LogP contribution < -0.4 is 5.73 Å². The van der Waals surface area contributed by atoms with Crippen LogP contribution in [0.15, 0.2) is 30.3 Å². The Morgan fingerprint density at radius 2 is 2.05 bits per heavy atom. The quantitative estimate of drug-likeness (QED) is 0.906. The molecular weight excluding hydrogens is 274 g/mol. The molecule has 1 fully saturated rings. The molecule has 1 aliphatic heterocycles. The summed E-state index contributed by atoms with van der Waals surface area (Å²) in [4.78, 5) is 16.8. The lowest BCUT2D eigenvalue weighted by Gasteiger charge is -2.39. The van der Waals surface area contributed by atoms with E-state index in [0.29, 0.717) is 6.04 Å². The zero-order chi connectivity index (χ0) is 16.1. The monoisotopic (exact) mass is 303 g/mol. The van der Waals surface area contributed by atoms with E-state index in [2.05, 4.69) is 36.2 Å². The van der Waals surface area contributed by atoms with Crippen molar-refractivity contribution < 1.29 is 4.79 Å². The molecule has 0 saturated carbocycles. The molecule has 0 spiro atoms. The smallest absolute Gasteiger partial charge is 0.239 e. The Morgan fingerprint density at radius 1 is 1.36 bits per heavy atom. The summed E-state index contributed by atoms with van der Waals surface area (Å²) >= 11 is 0. The first-order valence-corrected chi connectivity index (χ1v) is 8.27. The molecule has 1 aromatic rings. The predicted octanol–water partition coefficient (Wildman–Crippen LogP) is 2.09. The number of likely N-dealkylation sites (tertiary alicyclic amines) is 1. The van der Waals surface area contributed by atoms with Gasteiger partial charge in [-0.2, -0.15) is 0 Å². The molecule has 1 heterocycles. The highest BCUT2D eigenvalue weighted by molar-refractivity contribution is 5.82. The van der Waals surface area contributed by atoms with Gasteiger partial charge in [0.25, 0.3) is 0 Å². The van der Waals surface area contributed by atoms with Gasteiger partial charge in [0.15, 0.2) is 0 Å². The predicted molar refractivity (Wildman–Crippen MR) is 90.3 cm³/mol. The first-order valence-electron chi connectivity index (χ1n) is 8.27. The van der Waals surface area contributed by atoms with Crippen molar-refractivity contribution in [3.63, 3.8) is 0 Å². The number of nitrogens with zero attached hydrogens (tertiary/aromatic N) is 2. The van der Waals surface area contributed by atoms with Gasteiger partial charge < -0.3 is 10.6 Å². The summed E-state index contributed by atoms with van der Waals surface area (Å²) in [7, 11) is 2.15. The number of hydrogen-bond acceptors (Lipinski definition) is 3. The van der Waals surface area contributed by atoms with Crippen molar-refractivity contribution in [3.05, 3.63) is 35.9 Å². The second kappa shape index (κ2) is 7.75. The third-order valence-corrected chi connectivity index (χ3v) is 4.61. The van der Waals surface area contributed by atoms with Crippen molar-refractivity contribution in [2.45, 2.75) is 45.3 Å². The third-order valence-electron chi connectivity index (χ3n) is 4.61. The number of likely N-dealkylation sites (N-methyl/N-ethyl adjacent to an activating group) is 1. The molecule has 4 nitrogen and oxygen atoms in total. The minimum absolute atomic E-state index is 0.104. The maximum absolute atomic E-state index is 12.4. The van der Waals surface area contributed by atoms with Gasteiger partial charge in [-0.15, -0.1) is 0 Å². The van der Waals surface area contributed by atoms with E-state index in [1.54, 1.807) is 0 Å². The lowest BCUT2D eigenvalue weighted by Crippen LogP contribution is -2.53. The average molecular weight is 303 g/mol. The van der Waals surface area contributed by atoms with Crippen LogP contribution in [0.2, 0.25) is 0 Å². The molecule has 0 aliphatic carbocycles. The zero-order valence-corrected chi connectivity index (χ0v) is 14.0. The molecule has 4 heteroatoms. The summed E-state index contributed by atoms with van der Waals surface area (Å²) in [5.74, 6) is 0.294. The van der Waals surface area contributed by atoms with Gasteiger partial charge in [-0.3, -0.25) is 9.69 Å². The minimum Gasteiger partial charge on any atom is -0.340 e. The highest BCUT2D eigenvalue weighted by atomic mass is 16.2. The molecule has 0 bridgehead atoms. The molecule has 1 saturated heterocycles. The van der Waals surface area contributed by atoms with Gasteiger partial charge >= 0.3 is 0 Å². The van der Waals surface area contributed by atoms with E-state index in [-0.39, 0.29) is 17.9 Å². The number of piperidine rings is 1. The Kier molecular flexibility index (Phi) is 5.98. The van der Waals surface area contributed by atoms with Crippen LogP contribution in [-0.2, 0) is 11.3 Å². The lowest BCUT2D eigenvalue weighted by atomic mass is 9.99. The summed E-state index contributed by atoms with van der Waals surface area (Å²) in [6.45, 7) is 6.57. The van der Waals surface area contributed by atoms with Gasteiger partial charge in [-0.05, 0) is 31.4 Å². The Balaban J connectivity index is 1.94. The van der Waals surface area contributed by atoms with Gasteiger partial charge in [-0.1, -0.05) is 44.2 Å². The van der Waals surface area contributed by atoms with Crippen molar-refractivity contribution in [1.29, 1.82) is 0 Å². The zero-order valence-electron chi connectivity index (χ0n) is 14.0. The number of hydrogen-bond donors (Lipinski definition) is 1. The normalized spacial score (nSPS) is 20.5. The highest BCUT2D eigenvalue weighted by Crippen LogP contribution is 2.18. The number of amides is 1. The van der Waals surface area contributed by atoms with Crippen LogP contribution in [0.1, 0.15) is 32.3 Å². The van der Waals surface area contributed by atoms with E-state index in [1.165, 1.54) is 5.56 Å². The molecule has 1 aliphatic rings. The van der Waals surface area contributed by atoms with Crippen LogP contribution in [0.3, 0.4) is 0 Å². The van der Waals surface area contributed by atoms with Gasteiger partial charge in [0.2, 0.25) is 5.91 Å². The van der Waals surface area contributed by atoms with E-state index < -0.39 is 0 Å². The first-order chi connectivity index (χ1) is 10.5. The topological polar surface area (TPSA) is 49.6 Å². The molecule has 2 N–H and O–H groups in total. The highest BCUT2D eigenvalue weighted by Gasteiger charge is 2.29. The third kappa shape index (κ3) is 4.31. The molecule has 2 atom stereocenters. The number of carbonyl (C=O) groups excluding carboxylic acids is 1. The van der Waals surface area contributed by atoms with Crippen molar-refractivity contribution >= 4 is 5.91 Å². The summed E-state index contributed by atoms with van der Waals surface area (Å²) in [6.07, 6.45) is 2.20. The average Bonchev–Trinajstić information content (AvgIpc) is 2.54. The summed E-state index contributed by atoms with van der Waals surface area (Å²) in [5, 5.41) is 0. The molecule has 0 aromatic heterocycles. The second-order valence-corrected chi connectivity index (χ2v) is 6.75. The summed E-state index contributed by atoms with van der Waals surface area (Å²) < 4.78 is 0. The lowest BCUT2D eigenvalue weighted by molar-refractivity contribution is -0.135. The summed E-state index contributed by atoms with van der Waals surface area (Å²) in [6, 6.07) is 10.5. The van der Waals surface area contributed by atoms with Gasteiger partial charge in [0, 0.05) is 25.7 Å². The van der Waals surface area contributed by atoms with Crippen LogP contribution in [0, 0.1) is 5.92 Å². The molecule has 1 amide bonds. The van der Waals surface area contributed by atoms with Crippen molar-refractivity contribution in [2.75, 3.05) is 20.1 Å². The van der Waals surface area contributed by atoms with Crippen molar-refractivity contribution in [1.82, 2.24) is 9.80 Å². The number of carbonyl (C=O) groups is 1. The van der Waals surface area contributed by atoms with Gasteiger partial charge in [-0.25, -0.2) is 0 Å². The number of benzene rings is 1. The largest absolute Gasteiger partial charge is 0.340 e. The van der Waals surface area contributed by atoms with Crippen molar-refractivity contribution in [3.8, 4) is 0 Å². The molecule has 2 unspecified atom stereocenters. The SMILES string of the molecule is CC(C)C(N)C(=O)N1CCCC(N(C)Cc2ccccc2)C1.